The van der Waals surface area contributed by atoms with Crippen LogP contribution in [0.25, 0.3) is 32.8 Å². The molecule has 1 fully saturated rings. The SMILES string of the molecule is N#Cc1c(-c2ccc(Br)cc2)c2c(N3CCCCC3)cc(N)nc2c2ccccc12. The van der Waals surface area contributed by atoms with E-state index in [0.29, 0.717) is 11.4 Å². The summed E-state index contributed by atoms with van der Waals surface area (Å²) in [6, 6.07) is 20.6. The Labute approximate surface area is 184 Å². The summed E-state index contributed by atoms with van der Waals surface area (Å²) in [6.45, 7) is 1.99. The molecule has 1 aliphatic heterocycles. The van der Waals surface area contributed by atoms with Crippen LogP contribution >= 0.6 is 15.9 Å². The summed E-state index contributed by atoms with van der Waals surface area (Å²) >= 11 is 3.53. The van der Waals surface area contributed by atoms with Crippen molar-refractivity contribution in [3.8, 4) is 17.2 Å². The molecule has 1 aliphatic rings. The fourth-order valence-corrected chi connectivity index (χ4v) is 4.83. The van der Waals surface area contributed by atoms with Crippen molar-refractivity contribution in [1.29, 1.82) is 5.26 Å². The minimum Gasteiger partial charge on any atom is -0.384 e. The predicted molar refractivity (Wildman–Crippen MR) is 128 cm³/mol. The molecule has 148 valence electrons. The van der Waals surface area contributed by atoms with E-state index in [1.54, 1.807) is 0 Å². The molecule has 5 heteroatoms. The van der Waals surface area contributed by atoms with Crippen molar-refractivity contribution in [2.75, 3.05) is 23.7 Å². The molecule has 2 N–H and O–H groups in total. The van der Waals surface area contributed by atoms with Gasteiger partial charge < -0.3 is 10.6 Å². The molecule has 2 heterocycles. The predicted octanol–water partition coefficient (Wildman–Crippen LogP) is 6.26. The van der Waals surface area contributed by atoms with Crippen molar-refractivity contribution in [3.63, 3.8) is 0 Å². The fourth-order valence-electron chi connectivity index (χ4n) is 4.57. The van der Waals surface area contributed by atoms with Crippen molar-refractivity contribution < 1.29 is 0 Å². The van der Waals surface area contributed by atoms with Gasteiger partial charge in [0.2, 0.25) is 0 Å². The number of nitrogen functional groups attached to an aromatic ring is 1. The lowest BCUT2D eigenvalue weighted by Crippen LogP contribution is -2.29. The summed E-state index contributed by atoms with van der Waals surface area (Å²) in [6.07, 6.45) is 3.58. The molecule has 4 nitrogen and oxygen atoms in total. The number of nitrogens with two attached hydrogens (primary N) is 1. The summed E-state index contributed by atoms with van der Waals surface area (Å²) < 4.78 is 1.01. The van der Waals surface area contributed by atoms with Crippen molar-refractivity contribution in [3.05, 3.63) is 64.6 Å². The van der Waals surface area contributed by atoms with Gasteiger partial charge in [-0.3, -0.25) is 0 Å². The summed E-state index contributed by atoms with van der Waals surface area (Å²) in [5, 5.41) is 13.1. The molecule has 0 saturated carbocycles. The van der Waals surface area contributed by atoms with Crippen LogP contribution in [-0.2, 0) is 0 Å². The quantitative estimate of drug-likeness (QED) is 0.361. The van der Waals surface area contributed by atoms with Gasteiger partial charge in [0.15, 0.2) is 0 Å². The van der Waals surface area contributed by atoms with Crippen molar-refractivity contribution in [2.45, 2.75) is 19.3 Å². The highest BCUT2D eigenvalue weighted by molar-refractivity contribution is 9.10. The minimum atomic E-state index is 0.514. The first-order valence-electron chi connectivity index (χ1n) is 10.2. The molecule has 0 spiro atoms. The Kier molecular flexibility index (Phi) is 4.80. The summed E-state index contributed by atoms with van der Waals surface area (Å²) in [7, 11) is 0. The maximum absolute atomic E-state index is 10.2. The minimum absolute atomic E-state index is 0.514. The monoisotopic (exact) mass is 456 g/mol. The summed E-state index contributed by atoms with van der Waals surface area (Å²) in [4.78, 5) is 7.18. The number of fused-ring (bicyclic) bond motifs is 3. The lowest BCUT2D eigenvalue weighted by Gasteiger charge is -2.31. The Hall–Kier alpha value is -3.10. The molecule has 0 aliphatic carbocycles. The molecule has 0 amide bonds. The van der Waals surface area contributed by atoms with Crippen molar-refractivity contribution in [2.24, 2.45) is 0 Å². The van der Waals surface area contributed by atoms with Crippen LogP contribution in [0.2, 0.25) is 0 Å². The number of aromatic nitrogens is 1. The molecule has 4 aromatic rings. The van der Waals surface area contributed by atoms with Gasteiger partial charge in [0.05, 0.1) is 16.8 Å². The molecule has 3 aromatic carbocycles. The smallest absolute Gasteiger partial charge is 0.126 e. The van der Waals surface area contributed by atoms with Crippen LogP contribution in [-0.4, -0.2) is 18.1 Å². The third-order valence-electron chi connectivity index (χ3n) is 5.91. The zero-order valence-electron chi connectivity index (χ0n) is 16.5. The van der Waals surface area contributed by atoms with E-state index in [-0.39, 0.29) is 0 Å². The Morgan fingerprint density at radius 1 is 0.967 bits per heavy atom. The number of piperidine rings is 1. The van der Waals surface area contributed by atoms with Crippen LogP contribution in [0.4, 0.5) is 11.5 Å². The molecule has 0 bridgehead atoms. The van der Waals surface area contributed by atoms with Crippen molar-refractivity contribution >= 4 is 49.1 Å². The van der Waals surface area contributed by atoms with E-state index in [0.717, 1.165) is 68.9 Å². The Morgan fingerprint density at radius 2 is 1.67 bits per heavy atom. The van der Waals surface area contributed by atoms with Crippen LogP contribution < -0.4 is 10.6 Å². The number of nitrogens with zero attached hydrogens (tertiary/aromatic N) is 3. The number of anilines is 2. The van der Waals surface area contributed by atoms with Crippen LogP contribution in [0.5, 0.6) is 0 Å². The van der Waals surface area contributed by atoms with Gasteiger partial charge in [-0.2, -0.15) is 5.26 Å². The molecule has 0 atom stereocenters. The first-order chi connectivity index (χ1) is 14.7. The maximum atomic E-state index is 10.2. The zero-order chi connectivity index (χ0) is 20.7. The molecule has 1 aromatic heterocycles. The van der Waals surface area contributed by atoms with Gasteiger partial charge in [-0.15, -0.1) is 0 Å². The summed E-state index contributed by atoms with van der Waals surface area (Å²) in [5.74, 6) is 0.514. The number of rotatable bonds is 2. The first kappa shape index (κ1) is 18.9. The van der Waals surface area contributed by atoms with Gasteiger partial charge in [-0.05, 0) is 37.0 Å². The topological polar surface area (TPSA) is 65.9 Å². The van der Waals surface area contributed by atoms with E-state index in [4.69, 9.17) is 10.7 Å². The number of nitriles is 1. The van der Waals surface area contributed by atoms with Gasteiger partial charge >= 0.3 is 0 Å². The lowest BCUT2D eigenvalue weighted by atomic mass is 9.89. The maximum Gasteiger partial charge on any atom is 0.126 e. The van der Waals surface area contributed by atoms with E-state index >= 15 is 0 Å². The second kappa shape index (κ2) is 7.62. The highest BCUT2D eigenvalue weighted by Crippen LogP contribution is 2.43. The number of halogens is 1. The van der Waals surface area contributed by atoms with Gasteiger partial charge in [-0.1, -0.05) is 52.3 Å². The molecule has 1 saturated heterocycles. The standard InChI is InChI=1S/C25H21BrN4/c26-17-10-8-16(9-11-17)23-20(15-27)18-6-2-3-7-19(18)25-24(23)21(14-22(28)29-25)30-12-4-1-5-13-30/h2-3,6-11,14H,1,4-5,12-13H2,(H2,28,29). The fraction of sp³-hybridized carbons (Fsp3) is 0.200. The molecule has 30 heavy (non-hydrogen) atoms. The van der Waals surface area contributed by atoms with E-state index in [9.17, 15) is 5.26 Å². The van der Waals surface area contributed by atoms with E-state index in [1.165, 1.54) is 6.42 Å². The average molecular weight is 457 g/mol. The highest BCUT2D eigenvalue weighted by Gasteiger charge is 2.23. The number of hydrogen-bond donors (Lipinski definition) is 1. The zero-order valence-corrected chi connectivity index (χ0v) is 18.1. The average Bonchev–Trinajstić information content (AvgIpc) is 2.79. The molecule has 0 unspecified atom stereocenters. The van der Waals surface area contributed by atoms with E-state index in [2.05, 4.69) is 39.0 Å². The number of hydrogen-bond acceptors (Lipinski definition) is 4. The largest absolute Gasteiger partial charge is 0.384 e. The van der Waals surface area contributed by atoms with Crippen LogP contribution in [0, 0.1) is 11.3 Å². The van der Waals surface area contributed by atoms with Crippen LogP contribution in [0.15, 0.2) is 59.1 Å². The number of pyridine rings is 1. The Bertz CT molecular complexity index is 1300. The second-order valence-corrected chi connectivity index (χ2v) is 8.67. The first-order valence-corrected chi connectivity index (χ1v) is 11.0. The van der Waals surface area contributed by atoms with Crippen molar-refractivity contribution in [1.82, 2.24) is 4.98 Å². The molecular formula is C25H21BrN4. The third-order valence-corrected chi connectivity index (χ3v) is 6.44. The van der Waals surface area contributed by atoms with Gasteiger partial charge in [0.1, 0.15) is 11.9 Å². The number of benzene rings is 3. The van der Waals surface area contributed by atoms with Crippen LogP contribution in [0.1, 0.15) is 24.8 Å². The molecule has 5 rings (SSSR count). The van der Waals surface area contributed by atoms with Gasteiger partial charge in [-0.25, -0.2) is 4.98 Å². The molecular weight excluding hydrogens is 436 g/mol. The van der Waals surface area contributed by atoms with E-state index in [1.807, 2.05) is 42.5 Å². The van der Waals surface area contributed by atoms with Crippen LogP contribution in [0.3, 0.4) is 0 Å². The Balaban J connectivity index is 1.98. The van der Waals surface area contributed by atoms with E-state index < -0.39 is 0 Å². The van der Waals surface area contributed by atoms with Gasteiger partial charge in [0, 0.05) is 45.4 Å². The normalized spacial score (nSPS) is 14.2. The highest BCUT2D eigenvalue weighted by atomic mass is 79.9. The van der Waals surface area contributed by atoms with Gasteiger partial charge in [0.25, 0.3) is 0 Å². The molecule has 0 radical (unpaired) electrons. The second-order valence-electron chi connectivity index (χ2n) is 7.75. The summed E-state index contributed by atoms with van der Waals surface area (Å²) in [5.41, 5.74) is 10.9. The Morgan fingerprint density at radius 3 is 2.37 bits per heavy atom. The lowest BCUT2D eigenvalue weighted by molar-refractivity contribution is 0.579. The third kappa shape index (κ3) is 3.09.